The lowest BCUT2D eigenvalue weighted by molar-refractivity contribution is 0.405. The van der Waals surface area contributed by atoms with Gasteiger partial charge in [-0.15, -0.1) is 0 Å². The third kappa shape index (κ3) is 402. The van der Waals surface area contributed by atoms with Gasteiger partial charge in [-0.05, 0) is 20.0 Å². The van der Waals surface area contributed by atoms with Gasteiger partial charge in [0.05, 0.1) is 0 Å². The maximum atomic E-state index is 8.74. The van der Waals surface area contributed by atoms with Crippen molar-refractivity contribution < 1.29 is 14.4 Å². The van der Waals surface area contributed by atoms with E-state index in [-0.39, 0.29) is 0 Å². The van der Waals surface area contributed by atoms with E-state index in [0.29, 0.717) is 0 Å². The fraction of sp³-hybridized carbons (Fsp3) is 1.00. The van der Waals surface area contributed by atoms with E-state index in [1.807, 2.05) is 0 Å². The van der Waals surface area contributed by atoms with Crippen molar-refractivity contribution in [2.45, 2.75) is 0 Å². The van der Waals surface area contributed by atoms with Gasteiger partial charge in [0.1, 0.15) is 0 Å². The highest BCUT2D eigenvalue weighted by Crippen LogP contribution is 2.54. The molecule has 0 bridgehead atoms. The first-order valence-corrected chi connectivity index (χ1v) is 8.61. The van der Waals surface area contributed by atoms with E-state index in [1.165, 1.54) is 0 Å². The molecule has 9 heavy (non-hydrogen) atoms. The van der Waals surface area contributed by atoms with Crippen molar-refractivity contribution >= 4 is 29.7 Å². The molecule has 3 nitrogen and oxygen atoms in total. The largest absolute Gasteiger partial charge is 0.326 e. The summed E-state index contributed by atoms with van der Waals surface area (Å²) in [5.74, 6) is -0.576. The molecule has 0 rings (SSSR count). The molecule has 59 valence electrons. The van der Waals surface area contributed by atoms with Gasteiger partial charge < -0.3 is 9.79 Å². The monoisotopic (exact) mass is 237 g/mol. The third-order valence-corrected chi connectivity index (χ3v) is 0. The molecule has 0 heterocycles. The molecule has 0 amide bonds. The van der Waals surface area contributed by atoms with Crippen molar-refractivity contribution in [1.82, 2.24) is 0 Å². The van der Waals surface area contributed by atoms with Crippen molar-refractivity contribution in [2.75, 3.05) is 20.0 Å². The second-order valence-electron chi connectivity index (χ2n) is 2.13. The zero-order valence-electron chi connectivity index (χ0n) is 5.63. The van der Waals surface area contributed by atoms with Crippen LogP contribution in [0.25, 0.3) is 0 Å². The molecule has 0 aromatic rings. The topological polar surface area (TPSA) is 57.5 Å². The van der Waals surface area contributed by atoms with Gasteiger partial charge in [-0.1, -0.05) is 21.5 Å². The summed E-state index contributed by atoms with van der Waals surface area (Å²) < 4.78 is 8.74. The standard InChI is InChI=1S/C3H9BrP.H3O3P/c1-5(2,3)4;1-4(2)3/h1-3H3;4H,(H2,1,2,3). The van der Waals surface area contributed by atoms with E-state index in [4.69, 9.17) is 14.4 Å². The Bertz CT molecular complexity index is 79.5. The van der Waals surface area contributed by atoms with Crippen LogP contribution in [0.2, 0.25) is 0 Å². The summed E-state index contributed by atoms with van der Waals surface area (Å²) in [4.78, 5) is 14.3. The first kappa shape index (κ1) is 12.7. The molecule has 2 N–H and O–H groups in total. The SMILES string of the molecule is C[P](C)(C)Br.O=[PH](O)O. The van der Waals surface area contributed by atoms with Gasteiger partial charge in [0.15, 0.2) is 0 Å². The molecular weight excluding hydrogens is 226 g/mol. The van der Waals surface area contributed by atoms with Gasteiger partial charge in [-0.2, -0.15) is 0 Å². The zero-order valence-corrected chi connectivity index (χ0v) is 9.11. The molecule has 0 spiro atoms. The molecule has 0 aliphatic rings. The van der Waals surface area contributed by atoms with Gasteiger partial charge in [0, 0.05) is 0 Å². The number of hydrogen-bond acceptors (Lipinski definition) is 1. The van der Waals surface area contributed by atoms with Crippen LogP contribution in [0, 0.1) is 0 Å². The van der Waals surface area contributed by atoms with E-state index in [9.17, 15) is 0 Å². The van der Waals surface area contributed by atoms with Gasteiger partial charge in [-0.3, -0.25) is 4.57 Å². The van der Waals surface area contributed by atoms with Crippen LogP contribution in [-0.2, 0) is 4.57 Å². The Kier molecular flexibility index (Phi) is 8.21. The lowest BCUT2D eigenvalue weighted by Crippen LogP contribution is -1.63. The molecule has 0 saturated carbocycles. The summed E-state index contributed by atoms with van der Waals surface area (Å²) in [6.07, 6.45) is 0. The first-order valence-electron chi connectivity index (χ1n) is 2.16. The quantitative estimate of drug-likeness (QED) is 0.629. The molecule has 0 aromatic carbocycles. The fourth-order valence-electron chi connectivity index (χ4n) is 0. The Morgan fingerprint density at radius 3 is 1.33 bits per heavy atom. The molecule has 6 heteroatoms. The van der Waals surface area contributed by atoms with Crippen LogP contribution in [0.4, 0.5) is 0 Å². The minimum atomic E-state index is -3.13. The van der Waals surface area contributed by atoms with E-state index >= 15 is 0 Å². The Morgan fingerprint density at radius 2 is 1.33 bits per heavy atom. The van der Waals surface area contributed by atoms with Gasteiger partial charge in [-0.25, -0.2) is 0 Å². The summed E-state index contributed by atoms with van der Waals surface area (Å²) in [7, 11) is -3.13. The van der Waals surface area contributed by atoms with Crippen LogP contribution < -0.4 is 0 Å². The average Bonchev–Trinajstić information content (AvgIpc) is 1.19. The number of rotatable bonds is 0. The van der Waals surface area contributed by atoms with Crippen LogP contribution in [0.15, 0.2) is 0 Å². The lowest BCUT2D eigenvalue weighted by atomic mass is 11.9. The van der Waals surface area contributed by atoms with Crippen molar-refractivity contribution in [3.05, 3.63) is 0 Å². The normalized spacial score (nSPS) is 10.6. The van der Waals surface area contributed by atoms with E-state index < -0.39 is 14.2 Å². The molecule has 0 aliphatic heterocycles. The predicted molar refractivity (Wildman–Crippen MR) is 47.1 cm³/mol. The lowest BCUT2D eigenvalue weighted by Gasteiger charge is -2.06. The minimum absolute atomic E-state index is 0.576. The fourth-order valence-corrected chi connectivity index (χ4v) is 0. The third-order valence-electron chi connectivity index (χ3n) is 0. The second kappa shape index (κ2) is 5.82. The summed E-state index contributed by atoms with van der Waals surface area (Å²) >= 11 is 3.49. The molecule has 0 atom stereocenters. The number of hydrogen-bond donors (Lipinski definition) is 2. The van der Waals surface area contributed by atoms with E-state index in [0.717, 1.165) is 0 Å². The molecule has 0 aliphatic carbocycles. The maximum Gasteiger partial charge on any atom is 0.314 e. The predicted octanol–water partition coefficient (Wildman–Crippen LogP) is 1.56. The second-order valence-corrected chi connectivity index (χ2v) is 12.8. The summed E-state index contributed by atoms with van der Waals surface area (Å²) in [5, 5.41) is 0. The molecule has 1 radical (unpaired) electrons. The van der Waals surface area contributed by atoms with Crippen LogP contribution in [0.5, 0.6) is 0 Å². The Balaban J connectivity index is 0. The Hall–Kier alpha value is 1.06. The van der Waals surface area contributed by atoms with Gasteiger partial charge in [0.25, 0.3) is 0 Å². The van der Waals surface area contributed by atoms with Crippen LogP contribution in [0.1, 0.15) is 0 Å². The van der Waals surface area contributed by atoms with Gasteiger partial charge >= 0.3 is 8.25 Å². The number of halogens is 1. The van der Waals surface area contributed by atoms with Gasteiger partial charge in [0.2, 0.25) is 0 Å². The summed E-state index contributed by atoms with van der Waals surface area (Å²) in [5.41, 5.74) is 0. The summed E-state index contributed by atoms with van der Waals surface area (Å²) in [6, 6.07) is 0. The average molecular weight is 238 g/mol. The van der Waals surface area contributed by atoms with E-state index in [2.05, 4.69) is 35.5 Å². The maximum absolute atomic E-state index is 8.74. The van der Waals surface area contributed by atoms with Crippen molar-refractivity contribution in [3.63, 3.8) is 0 Å². The highest BCUT2D eigenvalue weighted by Gasteiger charge is 1.94. The highest BCUT2D eigenvalue weighted by molar-refractivity contribution is 9.42. The van der Waals surface area contributed by atoms with Crippen molar-refractivity contribution in [3.8, 4) is 0 Å². The zero-order chi connectivity index (χ0) is 8.08. The highest BCUT2D eigenvalue weighted by atomic mass is 79.9. The molecule has 0 aromatic heterocycles. The smallest absolute Gasteiger partial charge is 0.314 e. The first-order chi connectivity index (χ1) is 3.73. The van der Waals surface area contributed by atoms with Crippen LogP contribution >= 0.6 is 29.7 Å². The van der Waals surface area contributed by atoms with Crippen molar-refractivity contribution in [1.29, 1.82) is 0 Å². The van der Waals surface area contributed by atoms with Crippen LogP contribution in [0.3, 0.4) is 0 Å². The Labute approximate surface area is 64.5 Å². The molecule has 0 unspecified atom stereocenters. The molecule has 0 fully saturated rings. The molecule has 0 saturated heterocycles. The summed E-state index contributed by atoms with van der Waals surface area (Å²) in [6.45, 7) is 6.65. The Morgan fingerprint density at radius 1 is 1.33 bits per heavy atom. The van der Waals surface area contributed by atoms with Crippen molar-refractivity contribution in [2.24, 2.45) is 0 Å². The minimum Gasteiger partial charge on any atom is -0.326 e. The van der Waals surface area contributed by atoms with Crippen LogP contribution in [-0.4, -0.2) is 29.8 Å². The van der Waals surface area contributed by atoms with E-state index in [1.54, 1.807) is 0 Å². The molecular formula is C3H12BrO3P2.